The Morgan fingerprint density at radius 3 is 2.12 bits per heavy atom. The van der Waals surface area contributed by atoms with Crippen molar-refractivity contribution in [2.45, 2.75) is 96.7 Å². The smallest absolute Gasteiger partial charge is 0.346 e. The third-order valence-electron chi connectivity index (χ3n) is 7.47. The Labute approximate surface area is 256 Å². The van der Waals surface area contributed by atoms with Crippen LogP contribution in [0.3, 0.4) is 0 Å². The number of rotatable bonds is 19. The maximum atomic E-state index is 14.8. The first-order valence-electron chi connectivity index (χ1n) is 15.5. The molecule has 0 N–H and O–H groups in total. The third-order valence-corrected chi connectivity index (χ3v) is 9.68. The minimum atomic E-state index is -1.28. The second kappa shape index (κ2) is 18.4. The van der Waals surface area contributed by atoms with Crippen molar-refractivity contribution in [3.63, 3.8) is 0 Å². The Morgan fingerprint density at radius 1 is 0.767 bits per heavy atom. The minimum Gasteiger partial charge on any atom is -0.490 e. The van der Waals surface area contributed by atoms with Crippen molar-refractivity contribution in [2.75, 3.05) is 13.2 Å². The summed E-state index contributed by atoms with van der Waals surface area (Å²) in [5.74, 6) is -3.46. The van der Waals surface area contributed by atoms with Crippen LogP contribution in [-0.4, -0.2) is 37.9 Å². The summed E-state index contributed by atoms with van der Waals surface area (Å²) in [6.07, 6.45) is 14.6. The van der Waals surface area contributed by atoms with E-state index in [0.717, 1.165) is 49.7 Å². The maximum absolute atomic E-state index is 14.8. The SMILES string of the molecule is CCCCCCCCOc1ncc(-c2ccc(OC(=O)c3ccc(OCCC(CCCC)[Si](C)C)c(F)c3F)cc2)cn1. The van der Waals surface area contributed by atoms with Crippen LogP contribution in [0.5, 0.6) is 17.5 Å². The van der Waals surface area contributed by atoms with Gasteiger partial charge in [-0.05, 0) is 48.2 Å². The zero-order valence-electron chi connectivity index (χ0n) is 26.0. The maximum Gasteiger partial charge on any atom is 0.346 e. The van der Waals surface area contributed by atoms with Crippen LogP contribution >= 0.6 is 0 Å². The van der Waals surface area contributed by atoms with E-state index in [1.54, 1.807) is 36.7 Å². The van der Waals surface area contributed by atoms with Gasteiger partial charge < -0.3 is 14.2 Å². The first kappa shape index (κ1) is 34.2. The van der Waals surface area contributed by atoms with E-state index in [0.29, 0.717) is 24.8 Å². The van der Waals surface area contributed by atoms with Gasteiger partial charge in [0, 0.05) is 26.8 Å². The van der Waals surface area contributed by atoms with Gasteiger partial charge in [-0.25, -0.2) is 19.2 Å². The molecule has 0 saturated heterocycles. The Balaban J connectivity index is 1.51. The Morgan fingerprint density at radius 2 is 1.44 bits per heavy atom. The average Bonchev–Trinajstić information content (AvgIpc) is 3.01. The molecule has 233 valence electrons. The second-order valence-electron chi connectivity index (χ2n) is 11.1. The molecule has 3 aromatic rings. The number of ether oxygens (including phenoxy) is 3. The summed E-state index contributed by atoms with van der Waals surface area (Å²) >= 11 is 0. The van der Waals surface area contributed by atoms with Crippen molar-refractivity contribution in [3.05, 3.63) is 66.0 Å². The summed E-state index contributed by atoms with van der Waals surface area (Å²) in [6, 6.07) is 9.44. The number of halogens is 2. The molecule has 3 rings (SSSR count). The van der Waals surface area contributed by atoms with Gasteiger partial charge in [-0.1, -0.05) is 90.4 Å². The van der Waals surface area contributed by atoms with E-state index in [4.69, 9.17) is 14.2 Å². The molecule has 1 radical (unpaired) electrons. The quantitative estimate of drug-likeness (QED) is 0.0582. The molecular weight excluding hydrogens is 566 g/mol. The van der Waals surface area contributed by atoms with Gasteiger partial charge in [0.2, 0.25) is 5.82 Å². The highest BCUT2D eigenvalue weighted by Gasteiger charge is 2.22. The van der Waals surface area contributed by atoms with E-state index in [-0.39, 0.29) is 11.5 Å². The van der Waals surface area contributed by atoms with Crippen LogP contribution in [-0.2, 0) is 0 Å². The molecule has 0 saturated carbocycles. The Kier molecular flexibility index (Phi) is 14.6. The molecule has 1 heterocycles. The van der Waals surface area contributed by atoms with E-state index >= 15 is 0 Å². The molecule has 0 fully saturated rings. The number of hydrogen-bond acceptors (Lipinski definition) is 6. The minimum absolute atomic E-state index is 0.198. The highest BCUT2D eigenvalue weighted by Crippen LogP contribution is 2.28. The second-order valence-corrected chi connectivity index (χ2v) is 14.0. The van der Waals surface area contributed by atoms with E-state index < -0.39 is 32.0 Å². The van der Waals surface area contributed by atoms with E-state index in [2.05, 4.69) is 36.9 Å². The summed E-state index contributed by atoms with van der Waals surface area (Å²) in [6.45, 7) is 9.78. The predicted octanol–water partition coefficient (Wildman–Crippen LogP) is 9.46. The summed E-state index contributed by atoms with van der Waals surface area (Å²) < 4.78 is 46.1. The fourth-order valence-corrected chi connectivity index (χ4v) is 6.22. The van der Waals surface area contributed by atoms with E-state index in [9.17, 15) is 13.6 Å². The lowest BCUT2D eigenvalue weighted by Crippen LogP contribution is -2.16. The number of hydrogen-bond donors (Lipinski definition) is 0. The molecule has 1 unspecified atom stereocenters. The van der Waals surface area contributed by atoms with Crippen LogP contribution in [0.15, 0.2) is 48.8 Å². The Bertz CT molecular complexity index is 1260. The van der Waals surface area contributed by atoms with Crippen molar-refractivity contribution in [1.29, 1.82) is 0 Å². The molecule has 9 heteroatoms. The number of aromatic nitrogens is 2. The zero-order valence-corrected chi connectivity index (χ0v) is 27.0. The molecule has 0 spiro atoms. The van der Waals surface area contributed by atoms with Crippen LogP contribution in [0, 0.1) is 11.6 Å². The lowest BCUT2D eigenvalue weighted by Gasteiger charge is -2.19. The molecular formula is C34H45F2N2O4Si. The van der Waals surface area contributed by atoms with Gasteiger partial charge >= 0.3 is 12.0 Å². The van der Waals surface area contributed by atoms with Crippen LogP contribution in [0.1, 0.15) is 88.4 Å². The van der Waals surface area contributed by atoms with Gasteiger partial charge in [0.05, 0.1) is 18.8 Å². The van der Waals surface area contributed by atoms with Crippen molar-refractivity contribution in [3.8, 4) is 28.6 Å². The number of unbranched alkanes of at least 4 members (excludes halogenated alkanes) is 6. The molecule has 0 aliphatic carbocycles. The van der Waals surface area contributed by atoms with Gasteiger partial charge in [-0.2, -0.15) is 4.39 Å². The lowest BCUT2D eigenvalue weighted by molar-refractivity contribution is 0.0728. The van der Waals surface area contributed by atoms with Gasteiger partial charge in [-0.15, -0.1) is 0 Å². The number of benzene rings is 2. The predicted molar refractivity (Wildman–Crippen MR) is 169 cm³/mol. The molecule has 0 aliphatic rings. The number of nitrogens with zero attached hydrogens (tertiary/aromatic N) is 2. The monoisotopic (exact) mass is 611 g/mol. The van der Waals surface area contributed by atoms with Crippen molar-refractivity contribution in [1.82, 2.24) is 9.97 Å². The molecule has 0 aliphatic heterocycles. The highest BCUT2D eigenvalue weighted by molar-refractivity contribution is 6.57. The fraction of sp³-hybridized carbons (Fsp3) is 0.500. The molecule has 1 atom stereocenters. The molecule has 43 heavy (non-hydrogen) atoms. The molecule has 1 aromatic heterocycles. The van der Waals surface area contributed by atoms with Crippen molar-refractivity contribution in [2.24, 2.45) is 0 Å². The van der Waals surface area contributed by atoms with Crippen LogP contribution in [0.2, 0.25) is 18.6 Å². The summed E-state index contributed by atoms with van der Waals surface area (Å²) in [4.78, 5) is 21.2. The first-order valence-corrected chi connectivity index (χ1v) is 18.1. The molecule has 0 bridgehead atoms. The number of carbonyl (C=O) groups is 1. The number of carbonyl (C=O) groups excluding carboxylic acids is 1. The Hall–Kier alpha value is -3.33. The van der Waals surface area contributed by atoms with Gasteiger partial charge in [0.15, 0.2) is 11.6 Å². The largest absolute Gasteiger partial charge is 0.490 e. The van der Waals surface area contributed by atoms with E-state index in [1.165, 1.54) is 37.8 Å². The first-order chi connectivity index (χ1) is 20.8. The summed E-state index contributed by atoms with van der Waals surface area (Å²) in [5.41, 5.74) is 1.63. The standard InChI is InChI=1S/C34H45F2N2O4Si/c1-5-7-9-10-11-12-21-41-34-37-23-26(24-38-34)25-14-16-27(17-15-25)42-33(39)29-18-19-30(32(36)31(29)35)40-22-20-28(43(3)4)13-8-6-2/h14-19,23-24,28H,5-13,20-22H2,1-4H3. The van der Waals surface area contributed by atoms with Crippen molar-refractivity contribution >= 4 is 14.8 Å². The highest BCUT2D eigenvalue weighted by atomic mass is 28.3. The fourth-order valence-electron chi connectivity index (χ4n) is 4.75. The van der Waals surface area contributed by atoms with Gasteiger partial charge in [0.25, 0.3) is 0 Å². The molecule has 2 aromatic carbocycles. The van der Waals surface area contributed by atoms with Crippen LogP contribution in [0.25, 0.3) is 11.1 Å². The molecule has 0 amide bonds. The van der Waals surface area contributed by atoms with Crippen molar-refractivity contribution < 1.29 is 27.8 Å². The topological polar surface area (TPSA) is 70.5 Å². The van der Waals surface area contributed by atoms with Crippen LogP contribution < -0.4 is 14.2 Å². The zero-order chi connectivity index (χ0) is 31.0. The third kappa shape index (κ3) is 11.0. The normalized spacial score (nSPS) is 11.9. The van der Waals surface area contributed by atoms with E-state index in [1.807, 2.05) is 0 Å². The summed E-state index contributed by atoms with van der Waals surface area (Å²) in [5, 5.41) is 0. The lowest BCUT2D eigenvalue weighted by atomic mass is 10.1. The van der Waals surface area contributed by atoms with Gasteiger partial charge in [0.1, 0.15) is 5.75 Å². The summed E-state index contributed by atoms with van der Waals surface area (Å²) in [7, 11) is -0.512. The number of esters is 1. The van der Waals surface area contributed by atoms with Gasteiger partial charge in [-0.3, -0.25) is 0 Å². The van der Waals surface area contributed by atoms with Crippen LogP contribution in [0.4, 0.5) is 8.78 Å². The molecule has 6 nitrogen and oxygen atoms in total. The average molecular weight is 612 g/mol.